The maximum atomic E-state index is 12.9. The van der Waals surface area contributed by atoms with E-state index in [2.05, 4.69) is 25.4 Å². The maximum absolute atomic E-state index is 12.9. The van der Waals surface area contributed by atoms with E-state index < -0.39 is 0 Å². The van der Waals surface area contributed by atoms with Crippen LogP contribution in [-0.4, -0.2) is 48.1 Å². The minimum Gasteiger partial charge on any atom is -0.353 e. The molecule has 0 saturated carbocycles. The normalized spacial score (nSPS) is 11.6. The Morgan fingerprint density at radius 1 is 1.27 bits per heavy atom. The Labute approximate surface area is 155 Å². The smallest absolute Gasteiger partial charge is 0.254 e. The Hall–Kier alpha value is -3.20. The number of amides is 1. The fraction of sp³-hybridized carbons (Fsp3) is 0.176. The number of hydrogen-bond donors (Lipinski definition) is 1. The van der Waals surface area contributed by atoms with Crippen LogP contribution in [0.1, 0.15) is 29.1 Å². The lowest BCUT2D eigenvalue weighted by atomic mass is 10.1. The van der Waals surface area contributed by atoms with Crippen molar-refractivity contribution in [3.05, 3.63) is 60.4 Å². The lowest BCUT2D eigenvalue weighted by Gasteiger charge is -2.24. The van der Waals surface area contributed by atoms with Gasteiger partial charge in [-0.2, -0.15) is 9.78 Å². The van der Waals surface area contributed by atoms with Crippen molar-refractivity contribution in [2.45, 2.75) is 13.0 Å². The third-order valence-electron chi connectivity index (χ3n) is 3.93. The molecule has 0 aliphatic heterocycles. The SMILES string of the molecule is CC(c1ncnn1-c1ncccn1)N(C)C(=O)c1cccc(NC=S)c1. The lowest BCUT2D eigenvalue weighted by Crippen LogP contribution is -2.31. The molecule has 3 aromatic rings. The van der Waals surface area contributed by atoms with Gasteiger partial charge in [0, 0.05) is 30.7 Å². The summed E-state index contributed by atoms with van der Waals surface area (Å²) in [5, 5.41) is 7.08. The zero-order chi connectivity index (χ0) is 18.5. The van der Waals surface area contributed by atoms with Gasteiger partial charge in [-0.3, -0.25) is 4.79 Å². The zero-order valence-electron chi connectivity index (χ0n) is 14.3. The van der Waals surface area contributed by atoms with Crippen molar-refractivity contribution < 1.29 is 4.79 Å². The average Bonchev–Trinajstić information content (AvgIpc) is 3.17. The average molecular weight is 367 g/mol. The molecular weight excluding hydrogens is 350 g/mol. The number of nitrogens with zero attached hydrogens (tertiary/aromatic N) is 6. The van der Waals surface area contributed by atoms with Crippen LogP contribution in [0.4, 0.5) is 5.69 Å². The highest BCUT2D eigenvalue weighted by Gasteiger charge is 2.24. The molecule has 1 amide bonds. The second-order valence-corrected chi connectivity index (χ2v) is 5.75. The second kappa shape index (κ2) is 7.79. The van der Waals surface area contributed by atoms with Gasteiger partial charge in [0.05, 0.1) is 11.5 Å². The summed E-state index contributed by atoms with van der Waals surface area (Å²) < 4.78 is 1.53. The van der Waals surface area contributed by atoms with Gasteiger partial charge < -0.3 is 10.2 Å². The van der Waals surface area contributed by atoms with Crippen LogP contribution in [0.2, 0.25) is 0 Å². The van der Waals surface area contributed by atoms with Gasteiger partial charge in [-0.25, -0.2) is 15.0 Å². The Balaban J connectivity index is 1.85. The predicted molar refractivity (Wildman–Crippen MR) is 101 cm³/mol. The summed E-state index contributed by atoms with van der Waals surface area (Å²) in [6.07, 6.45) is 4.68. The molecule has 3 rings (SSSR count). The Kier molecular flexibility index (Phi) is 5.28. The van der Waals surface area contributed by atoms with Crippen molar-refractivity contribution in [1.29, 1.82) is 0 Å². The Morgan fingerprint density at radius 2 is 2.04 bits per heavy atom. The first kappa shape index (κ1) is 17.6. The highest BCUT2D eigenvalue weighted by molar-refractivity contribution is 7.79. The first-order valence-electron chi connectivity index (χ1n) is 7.86. The third-order valence-corrected chi connectivity index (χ3v) is 4.04. The van der Waals surface area contributed by atoms with Gasteiger partial charge >= 0.3 is 0 Å². The fourth-order valence-corrected chi connectivity index (χ4v) is 2.59. The summed E-state index contributed by atoms with van der Waals surface area (Å²) in [7, 11) is 1.72. The van der Waals surface area contributed by atoms with Crippen LogP contribution in [0.3, 0.4) is 0 Å². The number of hydrogen-bond acceptors (Lipinski definition) is 6. The molecule has 1 N–H and O–H groups in total. The van der Waals surface area contributed by atoms with E-state index in [4.69, 9.17) is 12.2 Å². The summed E-state index contributed by atoms with van der Waals surface area (Å²) in [6.45, 7) is 1.88. The summed E-state index contributed by atoms with van der Waals surface area (Å²) in [5.41, 5.74) is 2.70. The van der Waals surface area contributed by atoms with Gasteiger partial charge in [-0.05, 0) is 31.2 Å². The molecular formula is C17H17N7OS. The van der Waals surface area contributed by atoms with Crippen LogP contribution in [-0.2, 0) is 0 Å². The molecule has 8 nitrogen and oxygen atoms in total. The number of benzene rings is 1. The van der Waals surface area contributed by atoms with E-state index in [0.29, 0.717) is 17.3 Å². The summed E-state index contributed by atoms with van der Waals surface area (Å²) in [6, 6.07) is 8.53. The van der Waals surface area contributed by atoms with E-state index in [9.17, 15) is 4.79 Å². The molecule has 1 unspecified atom stereocenters. The molecule has 0 radical (unpaired) electrons. The van der Waals surface area contributed by atoms with Crippen molar-refractivity contribution in [1.82, 2.24) is 29.6 Å². The number of carbonyl (C=O) groups excluding carboxylic acids is 1. The second-order valence-electron chi connectivity index (χ2n) is 5.51. The number of rotatable bonds is 6. The number of anilines is 1. The molecule has 0 fully saturated rings. The first-order valence-corrected chi connectivity index (χ1v) is 8.33. The lowest BCUT2D eigenvalue weighted by molar-refractivity contribution is 0.0735. The van der Waals surface area contributed by atoms with Crippen LogP contribution in [0.15, 0.2) is 49.1 Å². The number of carbonyl (C=O) groups is 1. The number of thiocarbonyl (C=S) groups is 1. The minimum atomic E-state index is -0.337. The highest BCUT2D eigenvalue weighted by Crippen LogP contribution is 2.21. The third kappa shape index (κ3) is 3.57. The molecule has 0 bridgehead atoms. The van der Waals surface area contributed by atoms with Crippen molar-refractivity contribution in [2.75, 3.05) is 12.4 Å². The van der Waals surface area contributed by atoms with Gasteiger partial charge in [-0.1, -0.05) is 18.3 Å². The first-order chi connectivity index (χ1) is 12.6. The molecule has 26 heavy (non-hydrogen) atoms. The predicted octanol–water partition coefficient (Wildman–Crippen LogP) is 2.26. The van der Waals surface area contributed by atoms with Crippen LogP contribution < -0.4 is 5.32 Å². The molecule has 0 saturated heterocycles. The van der Waals surface area contributed by atoms with Crippen LogP contribution in [0.5, 0.6) is 0 Å². The van der Waals surface area contributed by atoms with E-state index >= 15 is 0 Å². The maximum Gasteiger partial charge on any atom is 0.254 e. The molecule has 1 aromatic carbocycles. The van der Waals surface area contributed by atoms with Crippen molar-refractivity contribution in [2.24, 2.45) is 0 Å². The summed E-state index contributed by atoms with van der Waals surface area (Å²) >= 11 is 4.79. The molecule has 2 aromatic heterocycles. The summed E-state index contributed by atoms with van der Waals surface area (Å²) in [5.74, 6) is 0.828. The van der Waals surface area contributed by atoms with Crippen molar-refractivity contribution >= 4 is 29.3 Å². The Morgan fingerprint density at radius 3 is 2.77 bits per heavy atom. The van der Waals surface area contributed by atoms with Crippen molar-refractivity contribution in [3.8, 4) is 5.95 Å². The quantitative estimate of drug-likeness (QED) is 0.669. The monoisotopic (exact) mass is 367 g/mol. The van der Waals surface area contributed by atoms with Gasteiger partial charge in [0.2, 0.25) is 0 Å². The molecule has 2 heterocycles. The van der Waals surface area contributed by atoms with Gasteiger partial charge in [0.15, 0.2) is 5.82 Å². The molecule has 1 atom stereocenters. The van der Waals surface area contributed by atoms with E-state index in [-0.39, 0.29) is 11.9 Å². The zero-order valence-corrected chi connectivity index (χ0v) is 15.1. The van der Waals surface area contributed by atoms with Crippen LogP contribution in [0, 0.1) is 0 Å². The van der Waals surface area contributed by atoms with E-state index in [1.165, 1.54) is 16.5 Å². The highest BCUT2D eigenvalue weighted by atomic mass is 32.1. The van der Waals surface area contributed by atoms with E-state index in [1.807, 2.05) is 13.0 Å². The fourth-order valence-electron chi connectivity index (χ4n) is 2.45. The van der Waals surface area contributed by atoms with E-state index in [0.717, 1.165) is 5.69 Å². The Bertz CT molecular complexity index is 912. The van der Waals surface area contributed by atoms with Gasteiger partial charge in [0.1, 0.15) is 6.33 Å². The standard InChI is InChI=1S/C17H17N7OS/c1-12(15-20-10-22-24(15)17-18-7-4-8-19-17)23(2)16(25)13-5-3-6-14(9-13)21-11-26/h3-12H,1-2H3,(H,21,26). The topological polar surface area (TPSA) is 88.8 Å². The van der Waals surface area contributed by atoms with Crippen LogP contribution in [0.25, 0.3) is 5.95 Å². The minimum absolute atomic E-state index is 0.144. The molecule has 0 spiro atoms. The van der Waals surface area contributed by atoms with Gasteiger partial charge in [0.25, 0.3) is 11.9 Å². The molecule has 0 aliphatic rings. The summed E-state index contributed by atoms with van der Waals surface area (Å²) in [4.78, 5) is 27.1. The molecule has 0 aliphatic carbocycles. The van der Waals surface area contributed by atoms with Gasteiger partial charge in [-0.15, -0.1) is 0 Å². The van der Waals surface area contributed by atoms with E-state index in [1.54, 1.807) is 48.6 Å². The molecule has 132 valence electrons. The number of nitrogens with one attached hydrogen (secondary N) is 1. The molecule has 9 heteroatoms. The van der Waals surface area contributed by atoms with Crippen molar-refractivity contribution in [3.63, 3.8) is 0 Å². The van der Waals surface area contributed by atoms with Crippen LogP contribution >= 0.6 is 12.2 Å². The largest absolute Gasteiger partial charge is 0.353 e. The number of aromatic nitrogens is 5.